The van der Waals surface area contributed by atoms with Gasteiger partial charge in [-0.05, 0) is 32.7 Å². The highest BCUT2D eigenvalue weighted by Gasteiger charge is 2.37. The van der Waals surface area contributed by atoms with Crippen molar-refractivity contribution in [3.8, 4) is 0 Å². The van der Waals surface area contributed by atoms with Crippen molar-refractivity contribution in [2.24, 2.45) is 0 Å². The minimum absolute atomic E-state index is 0.00583. The first-order valence-electron chi connectivity index (χ1n) is 5.10. The Balaban J connectivity index is 0.000000195. The van der Waals surface area contributed by atoms with E-state index in [0.29, 0.717) is 18.3 Å². The molecule has 0 spiro atoms. The summed E-state index contributed by atoms with van der Waals surface area (Å²) in [6, 6.07) is 1.38. The van der Waals surface area contributed by atoms with Crippen molar-refractivity contribution in [3.05, 3.63) is 0 Å². The van der Waals surface area contributed by atoms with Crippen molar-refractivity contribution < 1.29 is 18.1 Å². The number of hydrogen-bond acceptors (Lipinski definition) is 4. The Kier molecular flexibility index (Phi) is 4.11. The van der Waals surface area contributed by atoms with Gasteiger partial charge >= 0.3 is 0 Å². The van der Waals surface area contributed by atoms with Gasteiger partial charge in [-0.1, -0.05) is 0 Å². The van der Waals surface area contributed by atoms with E-state index in [2.05, 4.69) is 11.9 Å². The number of hydrogen-bond donors (Lipinski definition) is 2. The number of piperidine rings is 1. The van der Waals surface area contributed by atoms with Crippen LogP contribution in [0.2, 0.25) is 0 Å². The lowest BCUT2D eigenvalue weighted by atomic mass is 10.0. The number of aliphatic hydroxyl groups excluding tert-OH is 1. The van der Waals surface area contributed by atoms with Crippen LogP contribution < -0.4 is 0 Å². The molecule has 2 rings (SSSR count). The topological polar surface area (TPSA) is 77.8 Å². The van der Waals surface area contributed by atoms with Crippen LogP contribution in [0.15, 0.2) is 0 Å². The lowest BCUT2D eigenvalue weighted by Gasteiger charge is -2.33. The van der Waals surface area contributed by atoms with Gasteiger partial charge in [-0.2, -0.15) is 8.42 Å². The third kappa shape index (κ3) is 4.46. The van der Waals surface area contributed by atoms with Crippen molar-refractivity contribution in [1.29, 1.82) is 0 Å². The second kappa shape index (κ2) is 4.78. The summed E-state index contributed by atoms with van der Waals surface area (Å²) in [5.41, 5.74) is 0. The summed E-state index contributed by atoms with van der Waals surface area (Å²) >= 11 is 0. The highest BCUT2D eigenvalue weighted by atomic mass is 32.2. The summed E-state index contributed by atoms with van der Waals surface area (Å²) in [5, 5.41) is 9.38. The molecule has 15 heavy (non-hydrogen) atoms. The average molecular weight is 237 g/mol. The maximum atomic E-state index is 9.38. The third-order valence-corrected chi connectivity index (χ3v) is 3.07. The molecule has 2 aliphatic rings. The van der Waals surface area contributed by atoms with Gasteiger partial charge in [0.25, 0.3) is 10.1 Å². The van der Waals surface area contributed by atoms with Crippen LogP contribution in [0.1, 0.15) is 25.7 Å². The van der Waals surface area contributed by atoms with Crippen molar-refractivity contribution in [2.75, 3.05) is 13.3 Å². The molecule has 3 atom stereocenters. The maximum absolute atomic E-state index is 9.38. The summed E-state index contributed by atoms with van der Waals surface area (Å²) in [6.07, 6.45) is 5.33. The predicted octanol–water partition coefficient (Wildman–Crippen LogP) is 0.108. The quantitative estimate of drug-likeness (QED) is 0.585. The lowest BCUT2D eigenvalue weighted by molar-refractivity contribution is 0.0503. The van der Waals surface area contributed by atoms with E-state index < -0.39 is 10.1 Å². The van der Waals surface area contributed by atoms with Gasteiger partial charge in [0.05, 0.1) is 12.4 Å². The molecule has 2 bridgehead atoms. The number of rotatable bonds is 0. The Hall–Kier alpha value is -0.170. The van der Waals surface area contributed by atoms with Crippen LogP contribution >= 0.6 is 0 Å². The molecule has 0 amide bonds. The van der Waals surface area contributed by atoms with E-state index >= 15 is 0 Å². The first-order valence-corrected chi connectivity index (χ1v) is 6.94. The van der Waals surface area contributed by atoms with Crippen molar-refractivity contribution in [3.63, 3.8) is 0 Å². The molecular weight excluding hydrogens is 218 g/mol. The molecule has 0 aliphatic carbocycles. The number of nitrogens with zero attached hydrogens (tertiary/aromatic N) is 1. The third-order valence-electron chi connectivity index (χ3n) is 3.07. The summed E-state index contributed by atoms with van der Waals surface area (Å²) in [7, 11) is -1.48. The first kappa shape index (κ1) is 12.9. The molecule has 5 nitrogen and oxygen atoms in total. The summed E-state index contributed by atoms with van der Waals surface area (Å²) in [4.78, 5) is 2.44. The van der Waals surface area contributed by atoms with Gasteiger partial charge in [-0.25, -0.2) is 0 Å². The summed E-state index contributed by atoms with van der Waals surface area (Å²) < 4.78 is 25.9. The van der Waals surface area contributed by atoms with Crippen LogP contribution in [0.5, 0.6) is 0 Å². The zero-order valence-corrected chi connectivity index (χ0v) is 9.94. The fourth-order valence-corrected chi connectivity index (χ4v) is 2.38. The highest BCUT2D eigenvalue weighted by Crippen LogP contribution is 2.33. The monoisotopic (exact) mass is 237 g/mol. The minimum Gasteiger partial charge on any atom is -0.393 e. The molecule has 90 valence electrons. The van der Waals surface area contributed by atoms with E-state index in [0.717, 1.165) is 12.8 Å². The summed E-state index contributed by atoms with van der Waals surface area (Å²) in [6.45, 7) is 0. The fraction of sp³-hybridized carbons (Fsp3) is 1.00. The Morgan fingerprint density at radius 3 is 1.87 bits per heavy atom. The van der Waals surface area contributed by atoms with Gasteiger partial charge in [0.2, 0.25) is 0 Å². The molecule has 0 radical (unpaired) electrons. The Bertz CT molecular complexity index is 281. The SMILES string of the molecule is CN1[C@@H]2CC[C@H]1C[C@@H](O)C2.CS(=O)(=O)O. The average Bonchev–Trinajstić information content (AvgIpc) is 2.32. The van der Waals surface area contributed by atoms with Crippen molar-refractivity contribution >= 4 is 10.1 Å². The van der Waals surface area contributed by atoms with E-state index in [9.17, 15) is 13.5 Å². The molecule has 0 aromatic heterocycles. The largest absolute Gasteiger partial charge is 0.393 e. The molecule has 2 aliphatic heterocycles. The van der Waals surface area contributed by atoms with E-state index in [1.807, 2.05) is 0 Å². The standard InChI is InChI=1S/C8H15NO.CH4O3S/c1-9-6-2-3-7(9)5-8(10)4-6;1-5(2,3)4/h6-8,10H,2-5H2,1H3;1H3,(H,2,3,4)/t6-,7+,8+;. The molecule has 0 aromatic carbocycles. The van der Waals surface area contributed by atoms with Crippen LogP contribution in [0, 0.1) is 0 Å². The van der Waals surface area contributed by atoms with Crippen LogP contribution in [-0.2, 0) is 10.1 Å². The van der Waals surface area contributed by atoms with Gasteiger partial charge in [-0.3, -0.25) is 4.55 Å². The fourth-order valence-electron chi connectivity index (χ4n) is 2.38. The van der Waals surface area contributed by atoms with Gasteiger partial charge in [0, 0.05) is 12.1 Å². The maximum Gasteiger partial charge on any atom is 0.261 e. The Morgan fingerprint density at radius 2 is 1.53 bits per heavy atom. The molecule has 2 N–H and O–H groups in total. The van der Waals surface area contributed by atoms with Gasteiger partial charge in [0.15, 0.2) is 0 Å². The predicted molar refractivity (Wildman–Crippen MR) is 57.3 cm³/mol. The van der Waals surface area contributed by atoms with E-state index in [-0.39, 0.29) is 6.10 Å². The van der Waals surface area contributed by atoms with Gasteiger partial charge < -0.3 is 10.0 Å². The second-order valence-corrected chi connectivity index (χ2v) is 5.87. The molecule has 0 saturated carbocycles. The van der Waals surface area contributed by atoms with Crippen LogP contribution in [0.25, 0.3) is 0 Å². The zero-order chi connectivity index (χ0) is 11.6. The van der Waals surface area contributed by atoms with E-state index in [1.165, 1.54) is 12.8 Å². The molecule has 0 aromatic rings. The van der Waals surface area contributed by atoms with Crippen LogP contribution in [0.4, 0.5) is 0 Å². The molecule has 2 saturated heterocycles. The second-order valence-electron chi connectivity index (χ2n) is 4.41. The van der Waals surface area contributed by atoms with E-state index in [1.54, 1.807) is 0 Å². The van der Waals surface area contributed by atoms with E-state index in [4.69, 9.17) is 4.55 Å². The lowest BCUT2D eigenvalue weighted by Crippen LogP contribution is -2.41. The molecular formula is C9H19NO4S. The van der Waals surface area contributed by atoms with Crippen molar-refractivity contribution in [2.45, 2.75) is 43.9 Å². The smallest absolute Gasteiger partial charge is 0.261 e. The van der Waals surface area contributed by atoms with Gasteiger partial charge in [-0.15, -0.1) is 0 Å². The molecule has 6 heteroatoms. The van der Waals surface area contributed by atoms with Crippen molar-refractivity contribution in [1.82, 2.24) is 4.90 Å². The number of fused-ring (bicyclic) bond motifs is 2. The van der Waals surface area contributed by atoms with Crippen LogP contribution in [-0.4, -0.2) is 54.5 Å². The first-order chi connectivity index (χ1) is 6.77. The Labute approximate surface area is 90.8 Å². The molecule has 2 fully saturated rings. The molecule has 0 unspecified atom stereocenters. The molecule has 2 heterocycles. The number of aliphatic hydroxyl groups is 1. The minimum atomic E-state index is -3.67. The van der Waals surface area contributed by atoms with Gasteiger partial charge in [0.1, 0.15) is 0 Å². The Morgan fingerprint density at radius 1 is 1.20 bits per heavy atom. The zero-order valence-electron chi connectivity index (χ0n) is 9.13. The summed E-state index contributed by atoms with van der Waals surface area (Å²) in [5.74, 6) is 0. The normalized spacial score (nSPS) is 35.9. The highest BCUT2D eigenvalue weighted by molar-refractivity contribution is 7.85. The van der Waals surface area contributed by atoms with Crippen LogP contribution in [0.3, 0.4) is 0 Å².